The average Bonchev–Trinajstić information content (AvgIpc) is 3.02. The zero-order valence-corrected chi connectivity index (χ0v) is 51.8. The Labute approximate surface area is 498 Å². The third-order valence-electron chi connectivity index (χ3n) is 22.4. The van der Waals surface area contributed by atoms with Crippen molar-refractivity contribution < 1.29 is 36.7 Å². The van der Waals surface area contributed by atoms with E-state index in [4.69, 9.17) is 33.5 Å². The van der Waals surface area contributed by atoms with Crippen LogP contribution in [0.25, 0.3) is 0 Å². The quantitative estimate of drug-likeness (QED) is 0.102. The van der Waals surface area contributed by atoms with Crippen LogP contribution in [-0.2, 0) is 81.5 Å². The summed E-state index contributed by atoms with van der Waals surface area (Å²) in [6.07, 6.45) is 25.0. The Morgan fingerprint density at radius 3 is 1.00 bits per heavy atom. The fourth-order valence-corrected chi connectivity index (χ4v) is 16.1. The van der Waals surface area contributed by atoms with Gasteiger partial charge in [-0.25, -0.2) is 0 Å². The zero-order valence-electron chi connectivity index (χ0n) is 51.0. The normalized spacial score (nSPS) is 31.8. The molecule has 12 aliphatic rings. The van der Waals surface area contributed by atoms with Gasteiger partial charge in [-0.15, -0.1) is 0 Å². The van der Waals surface area contributed by atoms with E-state index in [1.807, 2.05) is 19.1 Å². The van der Waals surface area contributed by atoms with Crippen molar-refractivity contribution in [3.63, 3.8) is 0 Å². The fraction of sp³-hybridized carbons (Fsp3) is 0.575. The monoisotopic (exact) mass is 1150 g/mol. The molecule has 8 heterocycles. The van der Waals surface area contributed by atoms with Gasteiger partial charge in [-0.05, 0) is 215 Å². The molecule has 9 nitrogen and oxygen atoms in total. The van der Waals surface area contributed by atoms with E-state index in [1.165, 1.54) is 104 Å². The number of ether oxygens (including phenoxy) is 4. The molecular formula is C73H95NO8S. The van der Waals surface area contributed by atoms with Crippen LogP contribution in [0, 0.1) is 39.9 Å². The third-order valence-corrected chi connectivity index (χ3v) is 23.7. The summed E-state index contributed by atoms with van der Waals surface area (Å²) in [6, 6.07) is 43.6. The lowest BCUT2D eigenvalue weighted by Crippen LogP contribution is -2.51. The second-order valence-electron chi connectivity index (χ2n) is 26.7. The minimum absolute atomic E-state index is 0.0368. The summed E-state index contributed by atoms with van der Waals surface area (Å²) in [4.78, 5) is 0.215. The van der Waals surface area contributed by atoms with Gasteiger partial charge in [0.05, 0.1) is 79.4 Å². The highest BCUT2D eigenvalue weighted by Crippen LogP contribution is 2.58. The third kappa shape index (κ3) is 12.9. The molecule has 5 aromatic rings. The molecule has 0 radical (unpaired) electrons. The van der Waals surface area contributed by atoms with Gasteiger partial charge >= 0.3 is 0 Å². The first-order valence-electron chi connectivity index (χ1n) is 31.9. The number of aliphatic hydroxyl groups excluding tert-OH is 1. The molecule has 17 rings (SSSR count). The topological polar surface area (TPSA) is 124 Å². The number of fused-ring (bicyclic) bond motifs is 12. The van der Waals surface area contributed by atoms with E-state index in [1.54, 1.807) is 24.3 Å². The maximum Gasteiger partial charge on any atom is 0.296 e. The van der Waals surface area contributed by atoms with Crippen LogP contribution in [0.3, 0.4) is 0 Å². The molecule has 0 spiro atoms. The van der Waals surface area contributed by atoms with Gasteiger partial charge in [0.15, 0.2) is 0 Å². The van der Waals surface area contributed by atoms with Gasteiger partial charge in [0, 0.05) is 5.41 Å². The summed E-state index contributed by atoms with van der Waals surface area (Å²) in [6.45, 7) is 16.9. The Bertz CT molecular complexity index is 2910. The number of aryl methyl sites for hydroxylation is 3. The summed E-state index contributed by atoms with van der Waals surface area (Å²) in [5, 5.41) is 17.8. The molecule has 0 atom stereocenters. The van der Waals surface area contributed by atoms with E-state index in [0.29, 0.717) is 29.3 Å². The summed E-state index contributed by atoms with van der Waals surface area (Å²) in [5.41, 5.74) is 12.1. The Morgan fingerprint density at radius 1 is 0.434 bits per heavy atom. The Hall–Kier alpha value is -4.70. The standard InChI is InChI=1S/C23H28O4S.C17H21NO.C17H24O.C16H22O2/c1-3-19-6-8-20(9-7-19)23-14-12-22(13-15-23,16-26-23)17-27-28(24,25)21-10-4-18(2)5-11-21;1-2-16-8-10-17(11-9-16,19-13-16)15-5-3-14(4-6-15)7-12-18;1-3-14-5-7-15(8-6-14)17-11-9-16(4-2,10-12-17)13-18-17;1-2-15-7-9-16(10-8-15,18-12-15)14-5-3-13(11-17)4-6-14/h4-11H,3,12-17H2,1-2H3;3-6H,2,7-11,13H2,1H3;5-8H,3-4,9-13H2,1-2H3;3-6,17H,2,7-12H2,1H3. The molecule has 1 N–H and O–H groups in total. The molecule has 446 valence electrons. The van der Waals surface area contributed by atoms with Crippen LogP contribution in [0.4, 0.5) is 0 Å². The second-order valence-corrected chi connectivity index (χ2v) is 28.3. The largest absolute Gasteiger partial charge is 0.392 e. The Kier molecular flexibility index (Phi) is 18.7. The minimum atomic E-state index is -3.74. The number of nitriles is 1. The molecule has 4 aliphatic carbocycles. The first kappa shape index (κ1) is 61.4. The molecule has 8 aliphatic heterocycles. The van der Waals surface area contributed by atoms with Crippen LogP contribution in [0.1, 0.15) is 207 Å². The molecule has 12 fully saturated rings. The predicted octanol–water partition coefficient (Wildman–Crippen LogP) is 16.5. The van der Waals surface area contributed by atoms with Gasteiger partial charge in [0.25, 0.3) is 10.1 Å². The second kappa shape index (κ2) is 25.3. The number of rotatable bonds is 15. The highest BCUT2D eigenvalue weighted by atomic mass is 32.2. The van der Waals surface area contributed by atoms with Crippen molar-refractivity contribution in [3.05, 3.63) is 171 Å². The summed E-state index contributed by atoms with van der Waals surface area (Å²) in [7, 11) is -3.74. The average molecular weight is 1150 g/mol. The van der Waals surface area contributed by atoms with E-state index >= 15 is 0 Å². The number of nitrogens with zero attached hydrogens (tertiary/aromatic N) is 1. The maximum atomic E-state index is 12.5. The van der Waals surface area contributed by atoms with Crippen LogP contribution < -0.4 is 0 Å². The van der Waals surface area contributed by atoms with Gasteiger partial charge in [0.2, 0.25) is 0 Å². The summed E-state index contributed by atoms with van der Waals surface area (Å²) < 4.78 is 55.7. The van der Waals surface area contributed by atoms with Gasteiger partial charge < -0.3 is 24.1 Å². The number of benzene rings is 5. The Morgan fingerprint density at radius 2 is 0.735 bits per heavy atom. The molecule has 5 aromatic carbocycles. The van der Waals surface area contributed by atoms with Crippen molar-refractivity contribution in [1.29, 1.82) is 5.26 Å². The van der Waals surface area contributed by atoms with Gasteiger partial charge in [0.1, 0.15) is 0 Å². The molecule has 10 heteroatoms. The lowest BCUT2D eigenvalue weighted by atomic mass is 9.63. The van der Waals surface area contributed by atoms with Crippen molar-refractivity contribution in [2.24, 2.45) is 21.7 Å². The summed E-state index contributed by atoms with van der Waals surface area (Å²) in [5.74, 6) is 0. The van der Waals surface area contributed by atoms with Gasteiger partial charge in [-0.2, -0.15) is 13.7 Å². The number of hydrogen-bond acceptors (Lipinski definition) is 9. The number of aliphatic hydroxyl groups is 1. The molecule has 8 saturated heterocycles. The maximum absolute atomic E-state index is 12.5. The molecule has 83 heavy (non-hydrogen) atoms. The Balaban J connectivity index is 0.000000126. The molecule has 0 aromatic heterocycles. The van der Waals surface area contributed by atoms with Crippen molar-refractivity contribution in [2.75, 3.05) is 33.0 Å². The van der Waals surface area contributed by atoms with E-state index in [0.717, 1.165) is 101 Å². The smallest absolute Gasteiger partial charge is 0.296 e. The summed E-state index contributed by atoms with van der Waals surface area (Å²) >= 11 is 0. The van der Waals surface area contributed by atoms with Crippen LogP contribution in [0.15, 0.2) is 126 Å². The van der Waals surface area contributed by atoms with E-state index in [-0.39, 0.29) is 45.9 Å². The first-order valence-corrected chi connectivity index (χ1v) is 33.3. The molecule has 4 saturated carbocycles. The van der Waals surface area contributed by atoms with E-state index in [9.17, 15) is 8.42 Å². The zero-order chi connectivity index (χ0) is 58.5. The van der Waals surface area contributed by atoms with Crippen molar-refractivity contribution >= 4 is 10.1 Å². The lowest BCUT2D eigenvalue weighted by molar-refractivity contribution is -0.197. The molecule has 0 unspecified atom stereocenters. The minimum Gasteiger partial charge on any atom is -0.392 e. The lowest BCUT2D eigenvalue weighted by Gasteiger charge is -2.53. The number of hydrogen-bond donors (Lipinski definition) is 1. The van der Waals surface area contributed by atoms with E-state index in [2.05, 4.69) is 126 Å². The SMILES string of the molecule is CCC12CCC(c3ccc(CC#N)cc3)(CC1)OC2.CCC12CCC(c3ccc(CO)cc3)(CC1)OC2.CCc1ccc(C23CCC(CC)(CC2)CO3)cc1.CCc1ccc(C23CCC(COS(=O)(=O)c4ccc(C)cc4)(CC2)CO3)cc1. The predicted molar refractivity (Wildman–Crippen MR) is 329 cm³/mol. The highest BCUT2D eigenvalue weighted by Gasteiger charge is 2.53. The van der Waals surface area contributed by atoms with Crippen LogP contribution in [-0.4, -0.2) is 46.6 Å². The van der Waals surface area contributed by atoms with Crippen molar-refractivity contribution in [2.45, 2.75) is 217 Å². The van der Waals surface area contributed by atoms with Crippen LogP contribution in [0.2, 0.25) is 0 Å². The van der Waals surface area contributed by atoms with E-state index < -0.39 is 10.1 Å². The van der Waals surface area contributed by atoms with Gasteiger partial charge in [-0.1, -0.05) is 149 Å². The molecular weight excluding hydrogens is 1050 g/mol. The van der Waals surface area contributed by atoms with Gasteiger partial charge in [-0.3, -0.25) is 4.18 Å². The van der Waals surface area contributed by atoms with Crippen LogP contribution >= 0.6 is 0 Å². The molecule has 0 amide bonds. The highest BCUT2D eigenvalue weighted by molar-refractivity contribution is 7.86. The first-order chi connectivity index (χ1) is 40.0. The molecule has 8 bridgehead atoms. The van der Waals surface area contributed by atoms with Crippen molar-refractivity contribution in [3.8, 4) is 6.07 Å². The van der Waals surface area contributed by atoms with Crippen LogP contribution in [0.5, 0.6) is 0 Å². The van der Waals surface area contributed by atoms with Crippen molar-refractivity contribution in [1.82, 2.24) is 0 Å². The fourth-order valence-electron chi connectivity index (χ4n) is 15.1.